The van der Waals surface area contributed by atoms with E-state index in [1.165, 1.54) is 0 Å². The summed E-state index contributed by atoms with van der Waals surface area (Å²) in [5, 5.41) is 0. The summed E-state index contributed by atoms with van der Waals surface area (Å²) in [7, 11) is 0. The Morgan fingerprint density at radius 3 is 2.55 bits per heavy atom. The van der Waals surface area contributed by atoms with Crippen LogP contribution < -0.4 is 5.73 Å². The highest BCUT2D eigenvalue weighted by atomic mass is 79.9. The minimum Gasteiger partial charge on any atom is -0.336 e. The van der Waals surface area contributed by atoms with Crippen LogP contribution >= 0.6 is 15.9 Å². The summed E-state index contributed by atoms with van der Waals surface area (Å²) in [6.07, 6.45) is 4.08. The lowest BCUT2D eigenvalue weighted by molar-refractivity contribution is 0.0640. The van der Waals surface area contributed by atoms with Crippen LogP contribution in [0.5, 0.6) is 0 Å². The van der Waals surface area contributed by atoms with Crippen molar-refractivity contribution in [3.8, 4) is 0 Å². The Morgan fingerprint density at radius 2 is 2.00 bits per heavy atom. The molecule has 0 saturated heterocycles. The van der Waals surface area contributed by atoms with Crippen molar-refractivity contribution in [1.29, 1.82) is 0 Å². The van der Waals surface area contributed by atoms with Crippen LogP contribution in [0.25, 0.3) is 0 Å². The molecule has 1 aromatic carbocycles. The van der Waals surface area contributed by atoms with Gasteiger partial charge in [-0.3, -0.25) is 4.79 Å². The molecule has 3 nitrogen and oxygen atoms in total. The van der Waals surface area contributed by atoms with E-state index in [2.05, 4.69) is 22.9 Å². The van der Waals surface area contributed by atoms with Gasteiger partial charge in [0.25, 0.3) is 5.91 Å². The van der Waals surface area contributed by atoms with Gasteiger partial charge in [-0.15, -0.1) is 0 Å². The topological polar surface area (TPSA) is 46.3 Å². The fourth-order valence-electron chi connectivity index (χ4n) is 2.87. The van der Waals surface area contributed by atoms with Gasteiger partial charge in [0, 0.05) is 28.7 Å². The van der Waals surface area contributed by atoms with Crippen LogP contribution in [0.3, 0.4) is 0 Å². The molecule has 2 rings (SSSR count). The Kier molecular flexibility index (Phi) is 5.22. The lowest BCUT2D eigenvalue weighted by atomic mass is 9.90. The van der Waals surface area contributed by atoms with Gasteiger partial charge >= 0.3 is 0 Å². The highest BCUT2D eigenvalue weighted by Crippen LogP contribution is 2.25. The van der Waals surface area contributed by atoms with E-state index in [1.807, 2.05) is 30.0 Å². The number of halogens is 1. The molecule has 0 radical (unpaired) electrons. The Balaban J connectivity index is 2.14. The van der Waals surface area contributed by atoms with Crippen molar-refractivity contribution in [2.24, 2.45) is 5.73 Å². The van der Waals surface area contributed by atoms with Crippen molar-refractivity contribution in [3.05, 3.63) is 33.8 Å². The monoisotopic (exact) mass is 338 g/mol. The van der Waals surface area contributed by atoms with Crippen LogP contribution in [-0.2, 0) is 0 Å². The zero-order chi connectivity index (χ0) is 14.7. The highest BCUT2D eigenvalue weighted by molar-refractivity contribution is 9.10. The molecule has 0 heterocycles. The summed E-state index contributed by atoms with van der Waals surface area (Å²) in [6.45, 7) is 4.83. The van der Waals surface area contributed by atoms with Gasteiger partial charge in [0.2, 0.25) is 0 Å². The zero-order valence-corrected chi connectivity index (χ0v) is 13.8. The number of hydrogen-bond acceptors (Lipinski definition) is 2. The molecule has 1 aliphatic carbocycles. The number of hydrogen-bond donors (Lipinski definition) is 1. The van der Waals surface area contributed by atoms with Gasteiger partial charge in [0.1, 0.15) is 0 Å². The fourth-order valence-corrected chi connectivity index (χ4v) is 3.25. The van der Waals surface area contributed by atoms with Gasteiger partial charge in [0.05, 0.1) is 0 Å². The molecule has 4 heteroatoms. The lowest BCUT2D eigenvalue weighted by Crippen LogP contribution is -2.44. The average Bonchev–Trinajstić information content (AvgIpc) is 2.44. The minimum atomic E-state index is 0.133. The summed E-state index contributed by atoms with van der Waals surface area (Å²) >= 11 is 3.50. The Bertz CT molecular complexity index is 481. The quantitative estimate of drug-likeness (QED) is 0.916. The molecule has 1 fully saturated rings. The largest absolute Gasteiger partial charge is 0.336 e. The van der Waals surface area contributed by atoms with E-state index in [-0.39, 0.29) is 5.91 Å². The van der Waals surface area contributed by atoms with Gasteiger partial charge in [-0.1, -0.05) is 22.0 Å². The van der Waals surface area contributed by atoms with Crippen molar-refractivity contribution in [1.82, 2.24) is 4.90 Å². The summed E-state index contributed by atoms with van der Waals surface area (Å²) < 4.78 is 0.991. The lowest BCUT2D eigenvalue weighted by Gasteiger charge is -2.35. The van der Waals surface area contributed by atoms with Crippen LogP contribution in [-0.4, -0.2) is 29.4 Å². The molecule has 0 aliphatic heterocycles. The van der Waals surface area contributed by atoms with E-state index < -0.39 is 0 Å². The van der Waals surface area contributed by atoms with Crippen molar-refractivity contribution in [2.75, 3.05) is 6.54 Å². The molecular weight excluding hydrogens is 316 g/mol. The van der Waals surface area contributed by atoms with E-state index in [0.29, 0.717) is 12.1 Å². The van der Waals surface area contributed by atoms with Gasteiger partial charge in [-0.25, -0.2) is 0 Å². The molecule has 0 unspecified atom stereocenters. The average molecular weight is 339 g/mol. The maximum Gasteiger partial charge on any atom is 0.254 e. The number of aryl methyl sites for hydroxylation is 1. The molecule has 2 N–H and O–H groups in total. The van der Waals surface area contributed by atoms with Crippen LogP contribution in [0.2, 0.25) is 0 Å². The third-order valence-electron chi connectivity index (χ3n) is 4.20. The first-order chi connectivity index (χ1) is 9.52. The highest BCUT2D eigenvalue weighted by Gasteiger charge is 2.27. The molecule has 1 saturated carbocycles. The molecule has 0 bridgehead atoms. The second kappa shape index (κ2) is 6.72. The third-order valence-corrected chi connectivity index (χ3v) is 5.06. The maximum atomic E-state index is 12.7. The van der Waals surface area contributed by atoms with Crippen molar-refractivity contribution < 1.29 is 4.79 Å². The number of rotatable bonds is 3. The van der Waals surface area contributed by atoms with E-state index in [9.17, 15) is 4.79 Å². The van der Waals surface area contributed by atoms with E-state index in [4.69, 9.17) is 5.73 Å². The van der Waals surface area contributed by atoms with Gasteiger partial charge in [0.15, 0.2) is 0 Å². The number of carbonyl (C=O) groups is 1. The Morgan fingerprint density at radius 1 is 1.35 bits per heavy atom. The van der Waals surface area contributed by atoms with E-state index >= 15 is 0 Å². The first-order valence-corrected chi connectivity index (χ1v) is 8.15. The molecule has 20 heavy (non-hydrogen) atoms. The standard InChI is InChI=1S/C16H23BrN2O/c1-3-19(14-8-6-13(18)7-9-14)16(20)12-5-4-11(2)15(17)10-12/h4-5,10,13-14H,3,6-9,18H2,1-2H3. The molecule has 110 valence electrons. The Hall–Kier alpha value is -0.870. The number of benzene rings is 1. The van der Waals surface area contributed by atoms with Crippen LogP contribution in [0.1, 0.15) is 48.5 Å². The van der Waals surface area contributed by atoms with Crippen molar-refractivity contribution >= 4 is 21.8 Å². The molecule has 0 aromatic heterocycles. The molecule has 1 aliphatic rings. The van der Waals surface area contributed by atoms with Gasteiger partial charge in [-0.05, 0) is 57.2 Å². The number of amides is 1. The molecule has 0 atom stereocenters. The minimum absolute atomic E-state index is 0.133. The SMILES string of the molecule is CCN(C(=O)c1ccc(C)c(Br)c1)C1CCC(N)CC1. The molecule has 0 spiro atoms. The van der Waals surface area contributed by atoms with Gasteiger partial charge < -0.3 is 10.6 Å². The van der Waals surface area contributed by atoms with E-state index in [1.54, 1.807) is 0 Å². The molecular formula is C16H23BrN2O. The predicted octanol–water partition coefficient (Wildman–Crippen LogP) is 3.49. The molecule has 1 amide bonds. The maximum absolute atomic E-state index is 12.7. The summed E-state index contributed by atoms with van der Waals surface area (Å²) in [4.78, 5) is 14.7. The normalized spacial score (nSPS) is 22.6. The summed E-state index contributed by atoms with van der Waals surface area (Å²) in [5.74, 6) is 0.133. The van der Waals surface area contributed by atoms with Crippen molar-refractivity contribution in [2.45, 2.75) is 51.6 Å². The number of carbonyl (C=O) groups excluding carboxylic acids is 1. The number of nitrogens with zero attached hydrogens (tertiary/aromatic N) is 1. The van der Waals surface area contributed by atoms with Crippen LogP contribution in [0, 0.1) is 6.92 Å². The molecule has 1 aromatic rings. The first kappa shape index (κ1) is 15.5. The zero-order valence-electron chi connectivity index (χ0n) is 12.2. The van der Waals surface area contributed by atoms with Crippen LogP contribution in [0.15, 0.2) is 22.7 Å². The fraction of sp³-hybridized carbons (Fsp3) is 0.562. The second-order valence-electron chi connectivity index (χ2n) is 5.62. The Labute approximate surface area is 129 Å². The predicted molar refractivity (Wildman–Crippen MR) is 85.8 cm³/mol. The van der Waals surface area contributed by atoms with Crippen molar-refractivity contribution in [3.63, 3.8) is 0 Å². The summed E-state index contributed by atoms with van der Waals surface area (Å²) in [6, 6.07) is 6.48. The third kappa shape index (κ3) is 3.41. The van der Waals surface area contributed by atoms with Gasteiger partial charge in [-0.2, -0.15) is 0 Å². The summed E-state index contributed by atoms with van der Waals surface area (Å²) in [5.41, 5.74) is 7.86. The first-order valence-electron chi connectivity index (χ1n) is 7.35. The van der Waals surface area contributed by atoms with E-state index in [0.717, 1.165) is 47.8 Å². The second-order valence-corrected chi connectivity index (χ2v) is 6.48. The number of nitrogens with two attached hydrogens (primary N) is 1. The smallest absolute Gasteiger partial charge is 0.254 e. The van der Waals surface area contributed by atoms with Crippen LogP contribution in [0.4, 0.5) is 0 Å².